The third-order valence-corrected chi connectivity index (χ3v) is 4.82. The van der Waals surface area contributed by atoms with Gasteiger partial charge in [0.05, 0.1) is 5.69 Å². The molecule has 3 rings (SSSR count). The van der Waals surface area contributed by atoms with E-state index >= 15 is 0 Å². The van der Waals surface area contributed by atoms with Crippen molar-refractivity contribution >= 4 is 15.7 Å². The Morgan fingerprint density at radius 1 is 1.22 bits per heavy atom. The second-order valence-electron chi connectivity index (χ2n) is 5.05. The van der Waals surface area contributed by atoms with Gasteiger partial charge in [-0.25, -0.2) is 26.4 Å². The minimum atomic E-state index is -4.12. The molecule has 1 aromatic carbocycles. The maximum atomic E-state index is 13.6. The molecule has 2 heterocycles. The van der Waals surface area contributed by atoms with Crippen LogP contribution in [0.15, 0.2) is 41.6 Å². The second-order valence-corrected chi connectivity index (χ2v) is 6.79. The summed E-state index contributed by atoms with van der Waals surface area (Å²) in [6.07, 6.45) is 3.52. The molecule has 2 aromatic heterocycles. The van der Waals surface area contributed by atoms with Crippen molar-refractivity contribution < 1.29 is 17.2 Å². The van der Waals surface area contributed by atoms with Crippen molar-refractivity contribution in [1.29, 1.82) is 0 Å². The number of aryl methyl sites for hydroxylation is 1. The molecule has 0 bridgehead atoms. The molecule has 23 heavy (non-hydrogen) atoms. The van der Waals surface area contributed by atoms with E-state index in [1.54, 1.807) is 16.9 Å². The summed E-state index contributed by atoms with van der Waals surface area (Å²) in [5.41, 5.74) is 1.66. The van der Waals surface area contributed by atoms with Gasteiger partial charge in [-0.05, 0) is 25.1 Å². The number of nitrogens with one attached hydrogen (secondary N) is 1. The van der Waals surface area contributed by atoms with E-state index in [0.29, 0.717) is 12.6 Å². The molecule has 1 N–H and O–H groups in total. The van der Waals surface area contributed by atoms with Crippen molar-refractivity contribution in [3.63, 3.8) is 0 Å². The quantitative estimate of drug-likeness (QED) is 0.769. The van der Waals surface area contributed by atoms with Crippen LogP contribution in [0.2, 0.25) is 0 Å². The van der Waals surface area contributed by atoms with Gasteiger partial charge in [0.2, 0.25) is 10.0 Å². The van der Waals surface area contributed by atoms with E-state index < -0.39 is 26.6 Å². The van der Waals surface area contributed by atoms with E-state index in [9.17, 15) is 17.2 Å². The summed E-state index contributed by atoms with van der Waals surface area (Å²) in [4.78, 5) is -0.699. The topological polar surface area (TPSA) is 68.4 Å². The second kappa shape index (κ2) is 5.74. The summed E-state index contributed by atoms with van der Waals surface area (Å²) >= 11 is 0. The molecule has 3 aromatic rings. The first kappa shape index (κ1) is 15.6. The van der Waals surface area contributed by atoms with Crippen LogP contribution >= 0.6 is 0 Å². The van der Waals surface area contributed by atoms with E-state index in [4.69, 9.17) is 0 Å². The largest absolute Gasteiger partial charge is 0.330 e. The van der Waals surface area contributed by atoms with Crippen molar-refractivity contribution in [3.8, 4) is 0 Å². The van der Waals surface area contributed by atoms with Gasteiger partial charge in [-0.15, -0.1) is 0 Å². The molecule has 0 spiro atoms. The normalized spacial score (nSPS) is 12.1. The zero-order valence-electron chi connectivity index (χ0n) is 12.2. The first-order valence-corrected chi connectivity index (χ1v) is 8.31. The summed E-state index contributed by atoms with van der Waals surface area (Å²) < 4.78 is 56.6. The molecule has 0 fully saturated rings. The Morgan fingerprint density at radius 2 is 2.00 bits per heavy atom. The summed E-state index contributed by atoms with van der Waals surface area (Å²) in [5, 5.41) is 4.23. The third kappa shape index (κ3) is 3.10. The van der Waals surface area contributed by atoms with Gasteiger partial charge in [0.25, 0.3) is 0 Å². The number of sulfonamides is 1. The monoisotopic (exact) mass is 340 g/mol. The summed E-state index contributed by atoms with van der Waals surface area (Å²) in [6.45, 7) is 2.22. The average Bonchev–Trinajstić information content (AvgIpc) is 3.01. The van der Waals surface area contributed by atoms with Crippen LogP contribution in [0, 0.1) is 18.6 Å². The molecule has 0 radical (unpaired) electrons. The van der Waals surface area contributed by atoms with Crippen LogP contribution < -0.4 is 4.72 Å². The fourth-order valence-electron chi connectivity index (χ4n) is 2.30. The molecule has 122 valence electrons. The minimum absolute atomic E-state index is 0.0346. The maximum absolute atomic E-state index is 13.6. The number of imidazole rings is 1. The van der Waals surface area contributed by atoms with Crippen molar-refractivity contribution in [1.82, 2.24) is 18.9 Å². The Bertz CT molecular complexity index is 962. The lowest BCUT2D eigenvalue weighted by Gasteiger charge is -2.08. The van der Waals surface area contributed by atoms with Crippen LogP contribution in [0.25, 0.3) is 5.65 Å². The van der Waals surface area contributed by atoms with Crippen LogP contribution in [0.3, 0.4) is 0 Å². The lowest BCUT2D eigenvalue weighted by Crippen LogP contribution is -2.28. The number of halogens is 2. The molecule has 0 aliphatic carbocycles. The summed E-state index contributed by atoms with van der Waals surface area (Å²) in [6, 6.07) is 4.17. The number of rotatable bonds is 5. The average molecular weight is 340 g/mol. The Morgan fingerprint density at radius 3 is 2.78 bits per heavy atom. The Balaban J connectivity index is 1.73. The van der Waals surface area contributed by atoms with Gasteiger partial charge in [-0.3, -0.25) is 0 Å². The molecule has 0 aliphatic heterocycles. The smallest absolute Gasteiger partial charge is 0.243 e. The van der Waals surface area contributed by atoms with E-state index in [1.165, 1.54) is 0 Å². The molecule has 0 atom stereocenters. The van der Waals surface area contributed by atoms with Crippen molar-refractivity contribution in [3.05, 3.63) is 54.0 Å². The molecule has 0 unspecified atom stereocenters. The van der Waals surface area contributed by atoms with Crippen molar-refractivity contribution in [2.75, 3.05) is 6.54 Å². The van der Waals surface area contributed by atoms with Crippen molar-refractivity contribution in [2.24, 2.45) is 0 Å². The zero-order valence-corrected chi connectivity index (χ0v) is 13.0. The van der Waals surface area contributed by atoms with Gasteiger partial charge in [0, 0.05) is 31.5 Å². The Kier molecular flexibility index (Phi) is 3.90. The molecular formula is C14H14F2N4O2S. The third-order valence-electron chi connectivity index (χ3n) is 3.35. The number of hydrogen-bond donors (Lipinski definition) is 1. The molecule has 0 saturated heterocycles. The van der Waals surface area contributed by atoms with E-state index in [-0.39, 0.29) is 6.54 Å². The van der Waals surface area contributed by atoms with Gasteiger partial charge in [0.1, 0.15) is 22.2 Å². The summed E-state index contributed by atoms with van der Waals surface area (Å²) in [7, 11) is -4.12. The van der Waals surface area contributed by atoms with Gasteiger partial charge >= 0.3 is 0 Å². The highest BCUT2D eigenvalue weighted by Gasteiger charge is 2.19. The highest BCUT2D eigenvalue weighted by molar-refractivity contribution is 7.89. The first-order valence-electron chi connectivity index (χ1n) is 6.83. The fraction of sp³-hybridized carbons (Fsp3) is 0.214. The lowest BCUT2D eigenvalue weighted by molar-refractivity contribution is 0.542. The number of fused-ring (bicyclic) bond motifs is 1. The first-order chi connectivity index (χ1) is 10.9. The SMILES string of the molecule is Cc1cc2n(CCNS(=O)(=O)c3cc(F)ccc3F)ccn2n1. The van der Waals surface area contributed by atoms with Crippen LogP contribution in [-0.2, 0) is 16.6 Å². The Labute approximate surface area is 131 Å². The number of benzene rings is 1. The van der Waals surface area contributed by atoms with E-state index in [1.807, 2.05) is 17.6 Å². The van der Waals surface area contributed by atoms with E-state index in [0.717, 1.165) is 23.5 Å². The molecule has 0 saturated carbocycles. The van der Waals surface area contributed by atoms with Crippen molar-refractivity contribution in [2.45, 2.75) is 18.4 Å². The zero-order chi connectivity index (χ0) is 16.6. The number of hydrogen-bond acceptors (Lipinski definition) is 3. The standard InChI is InChI=1S/C14H14F2N4O2S/c1-10-8-14-19(6-7-20(14)18-10)5-4-17-23(21,22)13-9-11(15)2-3-12(13)16/h2-3,6-9,17H,4-5H2,1H3. The predicted molar refractivity (Wildman–Crippen MR) is 79.5 cm³/mol. The maximum Gasteiger partial charge on any atom is 0.243 e. The molecule has 0 amide bonds. The van der Waals surface area contributed by atoms with Gasteiger partial charge in [0.15, 0.2) is 0 Å². The molecule has 0 aliphatic rings. The van der Waals surface area contributed by atoms with Crippen LogP contribution in [-0.4, -0.2) is 29.1 Å². The molecule has 6 nitrogen and oxygen atoms in total. The number of aromatic nitrogens is 3. The summed E-state index contributed by atoms with van der Waals surface area (Å²) in [5.74, 6) is -1.80. The number of nitrogens with zero attached hydrogens (tertiary/aromatic N) is 3. The molecular weight excluding hydrogens is 326 g/mol. The lowest BCUT2D eigenvalue weighted by atomic mass is 10.3. The molecule has 9 heteroatoms. The highest BCUT2D eigenvalue weighted by Crippen LogP contribution is 2.15. The predicted octanol–water partition coefficient (Wildman–Crippen LogP) is 1.70. The van der Waals surface area contributed by atoms with Crippen LogP contribution in [0.4, 0.5) is 8.78 Å². The van der Waals surface area contributed by atoms with Gasteiger partial charge < -0.3 is 4.57 Å². The van der Waals surface area contributed by atoms with Gasteiger partial charge in [-0.2, -0.15) is 5.10 Å². The van der Waals surface area contributed by atoms with Crippen LogP contribution in [0.1, 0.15) is 5.69 Å². The highest BCUT2D eigenvalue weighted by atomic mass is 32.2. The van der Waals surface area contributed by atoms with Gasteiger partial charge in [-0.1, -0.05) is 0 Å². The van der Waals surface area contributed by atoms with Crippen LogP contribution in [0.5, 0.6) is 0 Å². The minimum Gasteiger partial charge on any atom is -0.330 e. The Hall–Kier alpha value is -2.26. The van der Waals surface area contributed by atoms with E-state index in [2.05, 4.69) is 9.82 Å². The fourth-order valence-corrected chi connectivity index (χ4v) is 3.41.